The van der Waals surface area contributed by atoms with Crippen molar-refractivity contribution in [1.82, 2.24) is 0 Å². The molecule has 1 N–H and O–H groups in total. The number of fused-ring (bicyclic) bond motifs is 3. The maximum atomic E-state index is 13.1. The van der Waals surface area contributed by atoms with Gasteiger partial charge in [-0.05, 0) is 13.0 Å². The Kier molecular flexibility index (Phi) is 3.05. The normalized spacial score (nSPS) is 28.2. The number of Topliss-reactive ketones (excluding diaryl/α,β-unsaturated/α-hetero) is 2. The molecule has 0 bridgehead atoms. The number of benzene rings is 1. The fraction of sp³-hybridized carbons (Fsp3) is 0.353. The van der Waals surface area contributed by atoms with Crippen LogP contribution in [0.5, 0.6) is 11.5 Å². The molecular formula is C17H14O7. The molecule has 2 aliphatic heterocycles. The number of aromatic hydroxyl groups is 1. The number of hydrogen-bond acceptors (Lipinski definition) is 7. The maximum Gasteiger partial charge on any atom is 0.309 e. The van der Waals surface area contributed by atoms with E-state index in [1.54, 1.807) is 6.92 Å². The van der Waals surface area contributed by atoms with Crippen LogP contribution in [0.15, 0.2) is 23.3 Å². The van der Waals surface area contributed by atoms with Crippen molar-refractivity contribution in [2.75, 3.05) is 7.11 Å². The molecule has 0 aromatic heterocycles. The molecule has 7 nitrogen and oxygen atoms in total. The third-order valence-electron chi connectivity index (χ3n) is 4.59. The first-order valence-electron chi connectivity index (χ1n) is 7.51. The van der Waals surface area contributed by atoms with Crippen LogP contribution in [0.3, 0.4) is 0 Å². The van der Waals surface area contributed by atoms with Crippen molar-refractivity contribution in [1.29, 1.82) is 0 Å². The smallest absolute Gasteiger partial charge is 0.309 e. The number of phenolic OH excluding ortho intramolecular Hbond substituents is 1. The topological polar surface area (TPSA) is 99.1 Å². The molecule has 0 saturated carbocycles. The predicted molar refractivity (Wildman–Crippen MR) is 79.2 cm³/mol. The Balaban J connectivity index is 1.95. The Morgan fingerprint density at radius 1 is 1.17 bits per heavy atom. The van der Waals surface area contributed by atoms with Crippen molar-refractivity contribution in [3.63, 3.8) is 0 Å². The number of rotatable bonds is 1. The van der Waals surface area contributed by atoms with Crippen molar-refractivity contribution in [2.45, 2.75) is 31.7 Å². The number of carbonyl (C=O) groups is 3. The lowest BCUT2D eigenvalue weighted by molar-refractivity contribution is -0.140. The van der Waals surface area contributed by atoms with Gasteiger partial charge >= 0.3 is 5.97 Å². The summed E-state index contributed by atoms with van der Waals surface area (Å²) in [6.07, 6.45) is -2.06. The molecule has 1 aromatic rings. The van der Waals surface area contributed by atoms with Crippen molar-refractivity contribution in [3.05, 3.63) is 34.4 Å². The lowest BCUT2D eigenvalue weighted by Gasteiger charge is -2.35. The third kappa shape index (κ3) is 1.85. The van der Waals surface area contributed by atoms with Crippen LogP contribution in [0.1, 0.15) is 34.1 Å². The molecule has 2 heterocycles. The first kappa shape index (κ1) is 14.9. The second-order valence-electron chi connectivity index (χ2n) is 5.99. The minimum Gasteiger partial charge on any atom is -0.508 e. The molecule has 124 valence electrons. The fourth-order valence-corrected chi connectivity index (χ4v) is 3.62. The largest absolute Gasteiger partial charge is 0.508 e. The van der Waals surface area contributed by atoms with Gasteiger partial charge in [-0.15, -0.1) is 0 Å². The van der Waals surface area contributed by atoms with Gasteiger partial charge in [0.15, 0.2) is 17.7 Å². The van der Waals surface area contributed by atoms with Crippen LogP contribution in [0.25, 0.3) is 0 Å². The summed E-state index contributed by atoms with van der Waals surface area (Å²) in [5.41, 5.74) is 0.478. The molecule has 24 heavy (non-hydrogen) atoms. The Hall–Kier alpha value is -2.67. The van der Waals surface area contributed by atoms with Crippen LogP contribution in [0, 0.1) is 0 Å². The van der Waals surface area contributed by atoms with Gasteiger partial charge in [0.1, 0.15) is 17.6 Å². The van der Waals surface area contributed by atoms with Gasteiger partial charge in [-0.1, -0.05) is 0 Å². The summed E-state index contributed by atoms with van der Waals surface area (Å²) in [4.78, 5) is 37.6. The number of esters is 1. The number of ether oxygens (including phenoxy) is 3. The number of methoxy groups -OCH3 is 1. The summed E-state index contributed by atoms with van der Waals surface area (Å²) in [6.45, 7) is 1.66. The second-order valence-corrected chi connectivity index (χ2v) is 5.99. The number of hydrogen-bond donors (Lipinski definition) is 1. The first-order chi connectivity index (χ1) is 11.4. The average molecular weight is 330 g/mol. The molecule has 0 spiro atoms. The van der Waals surface area contributed by atoms with Crippen LogP contribution in [-0.2, 0) is 14.3 Å². The Labute approximate surface area is 136 Å². The molecule has 3 atom stereocenters. The third-order valence-corrected chi connectivity index (χ3v) is 4.59. The molecule has 1 fully saturated rings. The van der Waals surface area contributed by atoms with E-state index in [0.29, 0.717) is 0 Å². The summed E-state index contributed by atoms with van der Waals surface area (Å²) in [6, 6.07) is 2.51. The van der Waals surface area contributed by atoms with Crippen molar-refractivity contribution < 1.29 is 33.7 Å². The molecule has 0 amide bonds. The zero-order chi connectivity index (χ0) is 17.2. The van der Waals surface area contributed by atoms with Crippen molar-refractivity contribution >= 4 is 17.5 Å². The van der Waals surface area contributed by atoms with Gasteiger partial charge in [-0.2, -0.15) is 0 Å². The molecule has 1 aromatic carbocycles. The lowest BCUT2D eigenvalue weighted by Crippen LogP contribution is -2.44. The van der Waals surface area contributed by atoms with Gasteiger partial charge in [-0.25, -0.2) is 0 Å². The van der Waals surface area contributed by atoms with Crippen LogP contribution in [0.4, 0.5) is 0 Å². The van der Waals surface area contributed by atoms with Gasteiger partial charge in [0.25, 0.3) is 0 Å². The van der Waals surface area contributed by atoms with E-state index in [1.807, 2.05) is 0 Å². The monoisotopic (exact) mass is 330 g/mol. The molecule has 1 saturated heterocycles. The summed E-state index contributed by atoms with van der Waals surface area (Å²) in [5, 5.41) is 9.79. The molecule has 3 aliphatic rings. The average Bonchev–Trinajstić information content (AvgIpc) is 2.90. The van der Waals surface area contributed by atoms with Gasteiger partial charge in [0.2, 0.25) is 0 Å². The van der Waals surface area contributed by atoms with E-state index in [0.717, 1.165) is 0 Å². The van der Waals surface area contributed by atoms with Gasteiger partial charge in [0, 0.05) is 17.2 Å². The van der Waals surface area contributed by atoms with E-state index < -0.39 is 35.8 Å². The molecule has 1 aliphatic carbocycles. The number of carbonyl (C=O) groups excluding carboxylic acids is 3. The summed E-state index contributed by atoms with van der Waals surface area (Å²) < 4.78 is 16.1. The second kappa shape index (κ2) is 4.91. The summed E-state index contributed by atoms with van der Waals surface area (Å²) in [5.74, 6) is -1.39. The predicted octanol–water partition coefficient (Wildman–Crippen LogP) is 1.18. The molecule has 4 rings (SSSR count). The van der Waals surface area contributed by atoms with E-state index in [4.69, 9.17) is 14.2 Å². The van der Waals surface area contributed by atoms with Crippen LogP contribution in [-0.4, -0.2) is 48.1 Å². The van der Waals surface area contributed by atoms with Gasteiger partial charge in [-0.3, -0.25) is 14.4 Å². The molecule has 0 unspecified atom stereocenters. The highest BCUT2D eigenvalue weighted by atomic mass is 16.6. The zero-order valence-corrected chi connectivity index (χ0v) is 13.0. The Bertz CT molecular complexity index is 836. The SMILES string of the molecule is COc1cc(O)cc2c1C(=O)C1=C(C2=O)[C@H](C)O[C@H]2CC(=O)O[C@@H]12. The van der Waals surface area contributed by atoms with Crippen LogP contribution >= 0.6 is 0 Å². The Morgan fingerprint density at radius 2 is 1.92 bits per heavy atom. The quantitative estimate of drug-likeness (QED) is 0.772. The maximum absolute atomic E-state index is 13.1. The highest BCUT2D eigenvalue weighted by Gasteiger charge is 2.51. The molecule has 0 radical (unpaired) electrons. The standard InChI is InChI=1S/C17H14O7/c1-6-12-14(17-10(23-6)5-11(19)24-17)16(21)13-8(15(12)20)3-7(18)4-9(13)22-2/h3-4,6,10,17-18H,5H2,1-2H3/t6-,10-,17+/m0/s1. The number of ketones is 2. The van der Waals surface area contributed by atoms with Crippen molar-refractivity contribution in [3.8, 4) is 11.5 Å². The van der Waals surface area contributed by atoms with Crippen LogP contribution < -0.4 is 4.74 Å². The van der Waals surface area contributed by atoms with E-state index in [2.05, 4.69) is 0 Å². The van der Waals surface area contributed by atoms with E-state index in [1.165, 1.54) is 19.2 Å². The van der Waals surface area contributed by atoms with Gasteiger partial charge < -0.3 is 19.3 Å². The molecular weight excluding hydrogens is 316 g/mol. The number of phenols is 1. The lowest BCUT2D eigenvalue weighted by atomic mass is 9.77. The minimum absolute atomic E-state index is 0.0484. The fourth-order valence-electron chi connectivity index (χ4n) is 3.62. The van der Waals surface area contributed by atoms with E-state index >= 15 is 0 Å². The van der Waals surface area contributed by atoms with Gasteiger partial charge in [0.05, 0.1) is 30.8 Å². The van der Waals surface area contributed by atoms with E-state index in [-0.39, 0.29) is 40.2 Å². The first-order valence-corrected chi connectivity index (χ1v) is 7.51. The van der Waals surface area contributed by atoms with E-state index in [9.17, 15) is 19.5 Å². The van der Waals surface area contributed by atoms with Crippen molar-refractivity contribution in [2.24, 2.45) is 0 Å². The molecule has 7 heteroatoms. The summed E-state index contributed by atoms with van der Waals surface area (Å²) in [7, 11) is 1.35. The minimum atomic E-state index is -0.883. The summed E-state index contributed by atoms with van der Waals surface area (Å²) >= 11 is 0. The highest BCUT2D eigenvalue weighted by molar-refractivity contribution is 6.29. The Morgan fingerprint density at radius 3 is 2.62 bits per heavy atom. The zero-order valence-electron chi connectivity index (χ0n) is 13.0. The highest BCUT2D eigenvalue weighted by Crippen LogP contribution is 2.43. The van der Waals surface area contributed by atoms with Crippen LogP contribution in [0.2, 0.25) is 0 Å².